The van der Waals surface area contributed by atoms with Crippen molar-refractivity contribution in [2.45, 2.75) is 32.7 Å². The molecule has 8 nitrogen and oxygen atoms in total. The molecule has 0 saturated carbocycles. The predicted molar refractivity (Wildman–Crippen MR) is 125 cm³/mol. The first kappa shape index (κ1) is 23.7. The zero-order valence-electron chi connectivity index (χ0n) is 18.4. The Morgan fingerprint density at radius 2 is 2.16 bits per heavy atom. The van der Waals surface area contributed by atoms with Gasteiger partial charge < -0.3 is 24.8 Å². The Kier molecular flexibility index (Phi) is 8.64. The van der Waals surface area contributed by atoms with E-state index in [-0.39, 0.29) is 19.1 Å². The quantitative estimate of drug-likeness (QED) is 0.561. The van der Waals surface area contributed by atoms with Crippen molar-refractivity contribution >= 4 is 34.6 Å². The molecule has 0 unspecified atom stereocenters. The lowest BCUT2D eigenvalue weighted by Crippen LogP contribution is -2.36. The first-order valence-corrected chi connectivity index (χ1v) is 11.5. The summed E-state index contributed by atoms with van der Waals surface area (Å²) in [6.07, 6.45) is 2.88. The van der Waals surface area contributed by atoms with E-state index in [9.17, 15) is 9.59 Å². The van der Waals surface area contributed by atoms with E-state index in [0.717, 1.165) is 32.3 Å². The maximum atomic E-state index is 12.7. The van der Waals surface area contributed by atoms with Gasteiger partial charge in [-0.3, -0.25) is 9.79 Å². The van der Waals surface area contributed by atoms with Crippen LogP contribution in [0.3, 0.4) is 0 Å². The minimum absolute atomic E-state index is 0.0197. The van der Waals surface area contributed by atoms with Gasteiger partial charge >= 0.3 is 6.09 Å². The summed E-state index contributed by atoms with van der Waals surface area (Å²) in [6, 6.07) is 7.75. The van der Waals surface area contributed by atoms with Gasteiger partial charge in [-0.15, -0.1) is 11.3 Å². The Bertz CT molecular complexity index is 973. The predicted octanol–water partition coefficient (Wildman–Crippen LogP) is 3.25. The molecule has 2 amide bonds. The van der Waals surface area contributed by atoms with E-state index in [1.54, 1.807) is 18.2 Å². The number of ether oxygens (including phenoxy) is 2. The summed E-state index contributed by atoms with van der Waals surface area (Å²) < 4.78 is 10.7. The van der Waals surface area contributed by atoms with Crippen LogP contribution in [0.15, 0.2) is 29.3 Å². The second-order valence-electron chi connectivity index (χ2n) is 7.23. The van der Waals surface area contributed by atoms with Gasteiger partial charge in [0.15, 0.2) is 0 Å². The van der Waals surface area contributed by atoms with Crippen molar-refractivity contribution < 1.29 is 24.2 Å². The molecule has 2 heterocycles. The second kappa shape index (κ2) is 11.6. The standard InChI is InChI=1S/C23H29N3O5S/c1-3-30-19-7-5-4-6-16(19)8-9-21(28)25-22-18(14-24-2)17-10-11-26(15-20(17)32-22)23(29)31-13-12-27/h4-7,14,27H,3,8-13,15H2,1-2H3,(H,25,28). The average Bonchev–Trinajstić information content (AvgIpc) is 3.13. The van der Waals surface area contributed by atoms with Gasteiger partial charge in [0.05, 0.1) is 19.8 Å². The Balaban J connectivity index is 1.68. The third-order valence-corrected chi connectivity index (χ3v) is 6.23. The number of fused-ring (bicyclic) bond motifs is 1. The van der Waals surface area contributed by atoms with Gasteiger partial charge in [0.2, 0.25) is 5.91 Å². The number of aliphatic hydroxyl groups is 1. The number of nitrogens with one attached hydrogen (secondary N) is 1. The number of aliphatic hydroxyl groups excluding tert-OH is 1. The summed E-state index contributed by atoms with van der Waals surface area (Å²) in [6.45, 7) is 3.22. The number of amides is 2. The van der Waals surface area contributed by atoms with Crippen molar-refractivity contribution in [1.29, 1.82) is 0 Å². The van der Waals surface area contributed by atoms with E-state index >= 15 is 0 Å². The Morgan fingerprint density at radius 3 is 2.91 bits per heavy atom. The number of benzene rings is 1. The van der Waals surface area contributed by atoms with Gasteiger partial charge in [-0.2, -0.15) is 0 Å². The molecule has 172 valence electrons. The number of carbonyl (C=O) groups excluding carboxylic acids is 2. The molecule has 1 aliphatic heterocycles. The highest BCUT2D eigenvalue weighted by Crippen LogP contribution is 2.36. The SMILES string of the molecule is CCOc1ccccc1CCC(=O)Nc1sc2c(c1C=NC)CCN(C(=O)OCCO)C2. The molecule has 0 saturated heterocycles. The van der Waals surface area contributed by atoms with Crippen LogP contribution in [-0.4, -0.2) is 61.6 Å². The molecule has 1 aliphatic rings. The van der Waals surface area contributed by atoms with Crippen molar-refractivity contribution in [3.05, 3.63) is 45.8 Å². The van der Waals surface area contributed by atoms with Gasteiger partial charge in [-0.05, 0) is 37.0 Å². The van der Waals surface area contributed by atoms with E-state index in [1.165, 1.54) is 11.3 Å². The molecule has 1 aromatic heterocycles. The lowest BCUT2D eigenvalue weighted by molar-refractivity contribution is -0.116. The van der Waals surface area contributed by atoms with E-state index in [4.69, 9.17) is 14.6 Å². The normalized spacial score (nSPS) is 13.2. The highest BCUT2D eigenvalue weighted by Gasteiger charge is 2.27. The lowest BCUT2D eigenvalue weighted by Gasteiger charge is -2.26. The van der Waals surface area contributed by atoms with Crippen molar-refractivity contribution in [3.63, 3.8) is 0 Å². The molecule has 0 bridgehead atoms. The molecule has 1 aromatic carbocycles. The Labute approximate surface area is 191 Å². The number of carbonyl (C=O) groups is 2. The van der Waals surface area contributed by atoms with Crippen LogP contribution in [0.5, 0.6) is 5.75 Å². The van der Waals surface area contributed by atoms with Crippen LogP contribution in [-0.2, 0) is 28.9 Å². The van der Waals surface area contributed by atoms with Crippen LogP contribution in [0, 0.1) is 0 Å². The fourth-order valence-corrected chi connectivity index (χ4v) is 4.86. The van der Waals surface area contributed by atoms with Gasteiger partial charge in [0.1, 0.15) is 17.4 Å². The van der Waals surface area contributed by atoms with Gasteiger partial charge in [0, 0.05) is 36.7 Å². The third-order valence-electron chi connectivity index (χ3n) is 5.08. The average molecular weight is 460 g/mol. The molecule has 0 radical (unpaired) electrons. The second-order valence-corrected chi connectivity index (χ2v) is 8.34. The largest absolute Gasteiger partial charge is 0.494 e. The number of aliphatic imine (C=N–C) groups is 1. The van der Waals surface area contributed by atoms with Crippen LogP contribution in [0.1, 0.15) is 34.9 Å². The molecule has 3 rings (SSSR count). The molecule has 9 heteroatoms. The number of nitrogens with zero attached hydrogens (tertiary/aromatic N) is 2. The highest BCUT2D eigenvalue weighted by molar-refractivity contribution is 7.16. The molecule has 2 aromatic rings. The molecule has 0 atom stereocenters. The number of hydrogen-bond acceptors (Lipinski definition) is 7. The van der Waals surface area contributed by atoms with Gasteiger partial charge in [-0.1, -0.05) is 18.2 Å². The fourth-order valence-electron chi connectivity index (χ4n) is 3.61. The molecule has 0 fully saturated rings. The monoisotopic (exact) mass is 459 g/mol. The van der Waals surface area contributed by atoms with Crippen LogP contribution in [0.2, 0.25) is 0 Å². The van der Waals surface area contributed by atoms with E-state index in [1.807, 2.05) is 31.2 Å². The molecule has 32 heavy (non-hydrogen) atoms. The fraction of sp³-hybridized carbons (Fsp3) is 0.435. The van der Waals surface area contributed by atoms with E-state index < -0.39 is 6.09 Å². The molecule has 0 spiro atoms. The molecule has 2 N–H and O–H groups in total. The summed E-state index contributed by atoms with van der Waals surface area (Å²) >= 11 is 1.46. The number of para-hydroxylation sites is 1. The Morgan fingerprint density at radius 1 is 1.34 bits per heavy atom. The van der Waals surface area contributed by atoms with Gasteiger partial charge in [0.25, 0.3) is 0 Å². The van der Waals surface area contributed by atoms with Crippen LogP contribution >= 0.6 is 11.3 Å². The van der Waals surface area contributed by atoms with Crippen LogP contribution in [0.4, 0.5) is 9.80 Å². The maximum absolute atomic E-state index is 12.7. The van der Waals surface area contributed by atoms with Crippen molar-refractivity contribution in [2.75, 3.05) is 38.7 Å². The van der Waals surface area contributed by atoms with Crippen molar-refractivity contribution in [2.24, 2.45) is 4.99 Å². The summed E-state index contributed by atoms with van der Waals surface area (Å²) in [5, 5.41) is 12.6. The summed E-state index contributed by atoms with van der Waals surface area (Å²) in [7, 11) is 1.70. The third kappa shape index (κ3) is 5.86. The van der Waals surface area contributed by atoms with Gasteiger partial charge in [-0.25, -0.2) is 4.79 Å². The summed E-state index contributed by atoms with van der Waals surface area (Å²) in [5.74, 6) is 0.723. The summed E-state index contributed by atoms with van der Waals surface area (Å²) in [4.78, 5) is 31.6. The Hall–Kier alpha value is -2.91. The van der Waals surface area contributed by atoms with Crippen LogP contribution < -0.4 is 10.1 Å². The molecular formula is C23H29N3O5S. The minimum Gasteiger partial charge on any atom is -0.494 e. The topological polar surface area (TPSA) is 100 Å². The van der Waals surface area contributed by atoms with Crippen molar-refractivity contribution in [1.82, 2.24) is 4.90 Å². The number of anilines is 1. The summed E-state index contributed by atoms with van der Waals surface area (Å²) in [5.41, 5.74) is 3.00. The highest BCUT2D eigenvalue weighted by atomic mass is 32.1. The van der Waals surface area contributed by atoms with Crippen molar-refractivity contribution in [3.8, 4) is 5.75 Å². The number of rotatable bonds is 9. The number of thiophene rings is 1. The first-order chi connectivity index (χ1) is 15.6. The lowest BCUT2D eigenvalue weighted by atomic mass is 10.0. The van der Waals surface area contributed by atoms with Crippen LogP contribution in [0.25, 0.3) is 0 Å². The maximum Gasteiger partial charge on any atom is 0.410 e. The van der Waals surface area contributed by atoms with E-state index in [2.05, 4.69) is 10.3 Å². The molecular weight excluding hydrogens is 430 g/mol. The zero-order chi connectivity index (χ0) is 22.9. The zero-order valence-corrected chi connectivity index (χ0v) is 19.2. The van der Waals surface area contributed by atoms with E-state index in [0.29, 0.717) is 39.0 Å². The number of hydrogen-bond donors (Lipinski definition) is 2. The minimum atomic E-state index is -0.442. The number of aryl methyl sites for hydroxylation is 1. The molecule has 0 aliphatic carbocycles. The first-order valence-electron chi connectivity index (χ1n) is 10.7. The smallest absolute Gasteiger partial charge is 0.410 e.